The van der Waals surface area contributed by atoms with Gasteiger partial charge in [0.1, 0.15) is 11.2 Å². The van der Waals surface area contributed by atoms with E-state index in [1.165, 1.54) is 12.3 Å². The lowest BCUT2D eigenvalue weighted by Gasteiger charge is -2.17. The van der Waals surface area contributed by atoms with E-state index in [0.29, 0.717) is 18.5 Å². The molecule has 2 aliphatic rings. The standard InChI is InChI=1S/C12H10N4O3/c13-6-12(1-2-12)16-10(18)7-3-8-11(14-4-7)19-5-9(17)15-8/h3-4H,1-2,5H2,(H,15,17)(H,16,18). The monoisotopic (exact) mass is 258 g/mol. The van der Waals surface area contributed by atoms with Crippen LogP contribution < -0.4 is 15.4 Å². The normalized spacial score (nSPS) is 18.4. The highest BCUT2D eigenvalue weighted by molar-refractivity contribution is 5.99. The van der Waals surface area contributed by atoms with Crippen molar-refractivity contribution in [1.82, 2.24) is 10.3 Å². The van der Waals surface area contributed by atoms with Crippen molar-refractivity contribution in [2.45, 2.75) is 18.4 Å². The Morgan fingerprint density at radius 1 is 1.58 bits per heavy atom. The van der Waals surface area contributed by atoms with Crippen molar-refractivity contribution in [2.75, 3.05) is 11.9 Å². The summed E-state index contributed by atoms with van der Waals surface area (Å²) in [5, 5.41) is 14.2. The predicted octanol–water partition coefficient (Wildman–Crippen LogP) is 0.198. The lowest BCUT2D eigenvalue weighted by Crippen LogP contribution is -2.35. The number of carbonyl (C=O) groups excluding carboxylic acids is 2. The Morgan fingerprint density at radius 3 is 3.05 bits per heavy atom. The number of nitrogens with zero attached hydrogens (tertiary/aromatic N) is 2. The van der Waals surface area contributed by atoms with Crippen LogP contribution in [-0.4, -0.2) is 28.9 Å². The molecule has 1 aliphatic carbocycles. The molecule has 2 amide bonds. The molecule has 96 valence electrons. The van der Waals surface area contributed by atoms with Crippen molar-refractivity contribution in [2.24, 2.45) is 0 Å². The van der Waals surface area contributed by atoms with Crippen LogP contribution in [0.25, 0.3) is 0 Å². The smallest absolute Gasteiger partial charge is 0.262 e. The van der Waals surface area contributed by atoms with Gasteiger partial charge < -0.3 is 15.4 Å². The van der Waals surface area contributed by atoms with Crippen molar-refractivity contribution in [3.05, 3.63) is 17.8 Å². The maximum absolute atomic E-state index is 12.0. The number of hydrogen-bond acceptors (Lipinski definition) is 5. The van der Waals surface area contributed by atoms with E-state index in [1.807, 2.05) is 0 Å². The molecule has 0 bridgehead atoms. The molecule has 2 heterocycles. The number of fused-ring (bicyclic) bond motifs is 1. The van der Waals surface area contributed by atoms with Gasteiger partial charge in [0, 0.05) is 6.20 Å². The number of aromatic nitrogens is 1. The van der Waals surface area contributed by atoms with Crippen LogP contribution in [0.2, 0.25) is 0 Å². The average Bonchev–Trinajstić information content (AvgIpc) is 3.18. The van der Waals surface area contributed by atoms with Crippen molar-refractivity contribution < 1.29 is 14.3 Å². The zero-order chi connectivity index (χ0) is 13.5. The minimum atomic E-state index is -0.729. The van der Waals surface area contributed by atoms with E-state index in [4.69, 9.17) is 10.00 Å². The second-order valence-electron chi connectivity index (χ2n) is 4.56. The number of nitriles is 1. The second-order valence-corrected chi connectivity index (χ2v) is 4.56. The summed E-state index contributed by atoms with van der Waals surface area (Å²) in [4.78, 5) is 27.1. The number of rotatable bonds is 2. The molecule has 0 spiro atoms. The van der Waals surface area contributed by atoms with Crippen molar-refractivity contribution in [3.63, 3.8) is 0 Å². The largest absolute Gasteiger partial charge is 0.466 e. The third-order valence-electron chi connectivity index (χ3n) is 3.04. The maximum atomic E-state index is 12.0. The number of hydrogen-bond donors (Lipinski definition) is 2. The molecule has 1 saturated carbocycles. The Kier molecular flexibility index (Phi) is 2.38. The highest BCUT2D eigenvalue weighted by Gasteiger charge is 2.44. The third kappa shape index (κ3) is 2.08. The molecule has 0 atom stereocenters. The van der Waals surface area contributed by atoms with E-state index >= 15 is 0 Å². The van der Waals surface area contributed by atoms with Crippen LogP contribution in [0.5, 0.6) is 5.88 Å². The number of pyridine rings is 1. The lowest BCUT2D eigenvalue weighted by atomic mass is 10.2. The molecule has 0 saturated heterocycles. The molecular formula is C12H10N4O3. The van der Waals surface area contributed by atoms with E-state index in [2.05, 4.69) is 21.7 Å². The molecule has 2 N–H and O–H groups in total. The molecule has 1 aromatic heterocycles. The first kappa shape index (κ1) is 11.5. The number of nitrogens with one attached hydrogen (secondary N) is 2. The first-order valence-electron chi connectivity index (χ1n) is 5.78. The molecule has 3 rings (SSSR count). The second kappa shape index (κ2) is 3.95. The van der Waals surface area contributed by atoms with Gasteiger partial charge in [-0.15, -0.1) is 0 Å². The first-order valence-corrected chi connectivity index (χ1v) is 5.78. The van der Waals surface area contributed by atoms with Crippen LogP contribution in [0.15, 0.2) is 12.3 Å². The summed E-state index contributed by atoms with van der Waals surface area (Å²) >= 11 is 0. The molecule has 1 aliphatic heterocycles. The minimum absolute atomic E-state index is 0.0803. The van der Waals surface area contributed by atoms with E-state index in [0.717, 1.165) is 0 Å². The summed E-state index contributed by atoms with van der Waals surface area (Å²) < 4.78 is 5.10. The fourth-order valence-electron chi connectivity index (χ4n) is 1.78. The van der Waals surface area contributed by atoms with E-state index in [9.17, 15) is 9.59 Å². The number of carbonyl (C=O) groups is 2. The number of ether oxygens (including phenoxy) is 1. The van der Waals surface area contributed by atoms with Crippen LogP contribution in [0.4, 0.5) is 5.69 Å². The molecular weight excluding hydrogens is 248 g/mol. The molecule has 7 heteroatoms. The number of amides is 2. The number of anilines is 1. The Morgan fingerprint density at radius 2 is 2.37 bits per heavy atom. The van der Waals surface area contributed by atoms with Gasteiger partial charge in [-0.2, -0.15) is 5.26 Å². The van der Waals surface area contributed by atoms with Crippen molar-refractivity contribution >= 4 is 17.5 Å². The Bertz CT molecular complexity index is 616. The van der Waals surface area contributed by atoms with Gasteiger partial charge >= 0.3 is 0 Å². The zero-order valence-electron chi connectivity index (χ0n) is 9.90. The average molecular weight is 258 g/mol. The first-order chi connectivity index (χ1) is 9.12. The summed E-state index contributed by atoms with van der Waals surface area (Å²) in [7, 11) is 0. The van der Waals surface area contributed by atoms with Crippen molar-refractivity contribution in [3.8, 4) is 11.9 Å². The summed E-state index contributed by atoms with van der Waals surface area (Å²) in [6.07, 6.45) is 2.68. The fourth-order valence-corrected chi connectivity index (χ4v) is 1.78. The Labute approximate surface area is 108 Å². The highest BCUT2D eigenvalue weighted by atomic mass is 16.5. The molecule has 19 heavy (non-hydrogen) atoms. The van der Waals surface area contributed by atoms with E-state index in [1.54, 1.807) is 0 Å². The van der Waals surface area contributed by atoms with Crippen LogP contribution in [0, 0.1) is 11.3 Å². The Hall–Kier alpha value is -2.62. The molecule has 0 unspecified atom stereocenters. The van der Waals surface area contributed by atoms with Gasteiger partial charge in [-0.05, 0) is 18.9 Å². The molecule has 0 aromatic carbocycles. The van der Waals surface area contributed by atoms with Crippen LogP contribution >= 0.6 is 0 Å². The summed E-state index contributed by atoms with van der Waals surface area (Å²) in [6.45, 7) is -0.0803. The van der Waals surface area contributed by atoms with Crippen LogP contribution in [0.3, 0.4) is 0 Å². The predicted molar refractivity (Wildman–Crippen MR) is 63.4 cm³/mol. The molecule has 0 radical (unpaired) electrons. The lowest BCUT2D eigenvalue weighted by molar-refractivity contribution is -0.118. The molecule has 1 aromatic rings. The molecule has 7 nitrogen and oxygen atoms in total. The van der Waals surface area contributed by atoms with E-state index in [-0.39, 0.29) is 29.9 Å². The quantitative estimate of drug-likeness (QED) is 0.788. The van der Waals surface area contributed by atoms with Crippen LogP contribution in [0.1, 0.15) is 23.2 Å². The minimum Gasteiger partial charge on any atom is -0.466 e. The van der Waals surface area contributed by atoms with Gasteiger partial charge in [0.15, 0.2) is 6.61 Å². The third-order valence-corrected chi connectivity index (χ3v) is 3.04. The summed E-state index contributed by atoms with van der Waals surface area (Å²) in [5.74, 6) is -0.380. The SMILES string of the molecule is N#CC1(NC(=O)c2cnc3c(c2)NC(=O)CO3)CC1. The summed E-state index contributed by atoms with van der Waals surface area (Å²) in [6, 6.07) is 3.56. The van der Waals surface area contributed by atoms with E-state index < -0.39 is 5.54 Å². The molecule has 1 fully saturated rings. The topological polar surface area (TPSA) is 104 Å². The Balaban J connectivity index is 1.82. The van der Waals surface area contributed by atoms with Crippen LogP contribution in [-0.2, 0) is 4.79 Å². The zero-order valence-corrected chi connectivity index (χ0v) is 9.90. The summed E-state index contributed by atoms with van der Waals surface area (Å²) in [5.41, 5.74) is -0.0796. The van der Waals surface area contributed by atoms with Gasteiger partial charge in [-0.3, -0.25) is 9.59 Å². The maximum Gasteiger partial charge on any atom is 0.262 e. The van der Waals surface area contributed by atoms with Gasteiger partial charge in [-0.1, -0.05) is 0 Å². The fraction of sp³-hybridized carbons (Fsp3) is 0.333. The van der Waals surface area contributed by atoms with Crippen molar-refractivity contribution in [1.29, 1.82) is 5.26 Å². The highest BCUT2D eigenvalue weighted by Crippen LogP contribution is 2.35. The van der Waals surface area contributed by atoms with Gasteiger partial charge in [0.2, 0.25) is 5.88 Å². The van der Waals surface area contributed by atoms with Gasteiger partial charge in [-0.25, -0.2) is 4.98 Å². The van der Waals surface area contributed by atoms with Gasteiger partial charge in [0.05, 0.1) is 11.6 Å². The van der Waals surface area contributed by atoms with Gasteiger partial charge in [0.25, 0.3) is 11.8 Å².